The van der Waals surface area contributed by atoms with E-state index in [-0.39, 0.29) is 33.0 Å². The van der Waals surface area contributed by atoms with Crippen molar-refractivity contribution in [3.8, 4) is 0 Å². The number of pyridine rings is 2. The molecule has 1 aromatic carbocycles. The van der Waals surface area contributed by atoms with Gasteiger partial charge in [0.05, 0.1) is 16.8 Å². The van der Waals surface area contributed by atoms with E-state index in [4.69, 9.17) is 23.2 Å². The van der Waals surface area contributed by atoms with E-state index in [1.54, 1.807) is 17.9 Å². The van der Waals surface area contributed by atoms with Crippen LogP contribution in [0.2, 0.25) is 10.2 Å². The molecular formula is C24H18Cl2FN5O3. The summed E-state index contributed by atoms with van der Waals surface area (Å²) in [7, 11) is 0. The van der Waals surface area contributed by atoms with Crippen molar-refractivity contribution in [1.82, 2.24) is 14.4 Å². The summed E-state index contributed by atoms with van der Waals surface area (Å²) in [6.07, 6.45) is 1.31. The molecule has 1 atom stereocenters. The van der Waals surface area contributed by atoms with E-state index in [1.165, 1.54) is 18.3 Å². The lowest BCUT2D eigenvalue weighted by molar-refractivity contribution is 0.0691. The predicted molar refractivity (Wildman–Crippen MR) is 131 cm³/mol. The van der Waals surface area contributed by atoms with Crippen LogP contribution in [-0.4, -0.2) is 25.4 Å². The number of benzene rings is 1. The molecular weight excluding hydrogens is 496 g/mol. The lowest BCUT2D eigenvalue weighted by Gasteiger charge is -2.21. The first kappa shape index (κ1) is 23.1. The van der Waals surface area contributed by atoms with Crippen molar-refractivity contribution in [2.24, 2.45) is 0 Å². The van der Waals surface area contributed by atoms with Crippen molar-refractivity contribution in [2.75, 3.05) is 10.2 Å². The molecule has 0 unspecified atom stereocenters. The van der Waals surface area contributed by atoms with Crippen LogP contribution in [0.4, 0.5) is 15.9 Å². The van der Waals surface area contributed by atoms with Crippen molar-refractivity contribution >= 4 is 46.3 Å². The zero-order chi connectivity index (χ0) is 24.9. The molecule has 0 aliphatic carbocycles. The fraction of sp³-hybridized carbons (Fsp3) is 0.167. The van der Waals surface area contributed by atoms with Crippen molar-refractivity contribution in [3.63, 3.8) is 0 Å². The number of nitrogens with one attached hydrogen (secondary N) is 1. The second-order valence-corrected chi connectivity index (χ2v) is 9.01. The van der Waals surface area contributed by atoms with Crippen LogP contribution in [0.5, 0.6) is 0 Å². The van der Waals surface area contributed by atoms with Gasteiger partial charge in [-0.15, -0.1) is 0 Å². The Morgan fingerprint density at radius 2 is 1.83 bits per heavy atom. The average molecular weight is 514 g/mol. The molecule has 1 aliphatic heterocycles. The Hall–Kier alpha value is -3.69. The second-order valence-electron chi connectivity index (χ2n) is 8.19. The lowest BCUT2D eigenvalue weighted by atomic mass is 10.1. The second kappa shape index (κ2) is 8.83. The number of halogens is 3. The number of nitrogens with zero attached hydrogens (tertiary/aromatic N) is 4. The molecule has 0 spiro atoms. The summed E-state index contributed by atoms with van der Waals surface area (Å²) in [6, 6.07) is 11.7. The number of carboxylic acid groups (broad SMARTS) is 1. The molecule has 178 valence electrons. The van der Waals surface area contributed by atoms with Crippen LogP contribution in [0.3, 0.4) is 0 Å². The van der Waals surface area contributed by atoms with Crippen LogP contribution in [-0.2, 0) is 13.1 Å². The highest BCUT2D eigenvalue weighted by atomic mass is 35.5. The van der Waals surface area contributed by atoms with Gasteiger partial charge in [-0.05, 0) is 36.2 Å². The molecule has 35 heavy (non-hydrogen) atoms. The number of aromatic carboxylic acids is 1. The molecule has 0 bridgehead atoms. The fourth-order valence-corrected chi connectivity index (χ4v) is 4.60. The van der Waals surface area contributed by atoms with Gasteiger partial charge in [0, 0.05) is 24.8 Å². The molecule has 0 radical (unpaired) electrons. The zero-order valence-corrected chi connectivity index (χ0v) is 19.8. The van der Waals surface area contributed by atoms with Crippen molar-refractivity contribution in [2.45, 2.75) is 26.1 Å². The Morgan fingerprint density at radius 3 is 2.49 bits per heavy atom. The van der Waals surface area contributed by atoms with Gasteiger partial charge in [0.25, 0.3) is 5.56 Å². The van der Waals surface area contributed by atoms with E-state index in [2.05, 4.69) is 15.3 Å². The Balaban J connectivity index is 1.60. The Labute approximate surface area is 208 Å². The zero-order valence-electron chi connectivity index (χ0n) is 18.3. The number of rotatable bonds is 5. The van der Waals surface area contributed by atoms with Crippen molar-refractivity contribution in [1.29, 1.82) is 0 Å². The minimum atomic E-state index is -1.26. The van der Waals surface area contributed by atoms with Gasteiger partial charge >= 0.3 is 5.97 Å². The van der Waals surface area contributed by atoms with E-state index in [0.717, 1.165) is 15.5 Å². The number of anilines is 2. The van der Waals surface area contributed by atoms with Crippen LogP contribution in [0.1, 0.15) is 40.1 Å². The summed E-state index contributed by atoms with van der Waals surface area (Å²) >= 11 is 12.1. The van der Waals surface area contributed by atoms with E-state index < -0.39 is 23.4 Å². The van der Waals surface area contributed by atoms with Crippen LogP contribution < -0.4 is 15.8 Å². The third kappa shape index (κ3) is 4.17. The first-order chi connectivity index (χ1) is 16.7. The number of carbonyl (C=O) groups is 1. The molecule has 1 aliphatic rings. The smallest absolute Gasteiger partial charge is 0.356 e. The average Bonchev–Trinajstić information content (AvgIpc) is 3.26. The SMILES string of the molecule is C[C@@H](Nc1ccc(Cl)nc1C(=O)O)c1cc(Cl)cn2c(=O)c(F)c(N3Cc4ccccc4C3)nc12. The van der Waals surface area contributed by atoms with Crippen LogP contribution >= 0.6 is 23.2 Å². The Bertz CT molecular complexity index is 1530. The minimum absolute atomic E-state index is 0.0359. The number of fused-ring (bicyclic) bond motifs is 2. The molecule has 2 N–H and O–H groups in total. The van der Waals surface area contributed by atoms with Gasteiger partial charge in [0.1, 0.15) is 10.8 Å². The summed E-state index contributed by atoms with van der Waals surface area (Å²) in [5.74, 6) is -2.29. The van der Waals surface area contributed by atoms with Gasteiger partial charge in [-0.25, -0.2) is 14.8 Å². The maximum Gasteiger partial charge on any atom is 0.356 e. The number of hydrogen-bond acceptors (Lipinski definition) is 6. The molecule has 4 heterocycles. The van der Waals surface area contributed by atoms with E-state index in [1.807, 2.05) is 24.3 Å². The first-order valence-corrected chi connectivity index (χ1v) is 11.4. The van der Waals surface area contributed by atoms with Crippen LogP contribution in [0.25, 0.3) is 5.65 Å². The topological polar surface area (TPSA) is 99.8 Å². The number of hydrogen-bond donors (Lipinski definition) is 2. The summed E-state index contributed by atoms with van der Waals surface area (Å²) in [5, 5.41) is 12.8. The minimum Gasteiger partial charge on any atom is -0.476 e. The Kier molecular flexibility index (Phi) is 5.82. The third-order valence-corrected chi connectivity index (χ3v) is 6.31. The monoisotopic (exact) mass is 513 g/mol. The number of aromatic nitrogens is 3. The fourth-order valence-electron chi connectivity index (χ4n) is 4.23. The largest absolute Gasteiger partial charge is 0.476 e. The summed E-state index contributed by atoms with van der Waals surface area (Å²) in [4.78, 5) is 34.7. The van der Waals surface area contributed by atoms with E-state index in [0.29, 0.717) is 18.7 Å². The highest BCUT2D eigenvalue weighted by molar-refractivity contribution is 6.30. The van der Waals surface area contributed by atoms with Crippen molar-refractivity contribution < 1.29 is 14.3 Å². The molecule has 0 saturated heterocycles. The van der Waals surface area contributed by atoms with Crippen molar-refractivity contribution in [3.05, 3.63) is 97.4 Å². The Morgan fingerprint density at radius 1 is 1.14 bits per heavy atom. The highest BCUT2D eigenvalue weighted by Gasteiger charge is 2.26. The summed E-state index contributed by atoms with van der Waals surface area (Å²) in [6.45, 7) is 2.59. The molecule has 11 heteroatoms. The first-order valence-electron chi connectivity index (χ1n) is 10.6. The maximum atomic E-state index is 15.2. The van der Waals surface area contributed by atoms with Gasteiger partial charge in [0.15, 0.2) is 11.5 Å². The molecule has 0 saturated carbocycles. The molecule has 8 nitrogen and oxygen atoms in total. The maximum absolute atomic E-state index is 15.2. The molecule has 3 aromatic heterocycles. The summed E-state index contributed by atoms with van der Waals surface area (Å²) in [5.41, 5.74) is 1.82. The van der Waals surface area contributed by atoms with E-state index >= 15 is 4.39 Å². The van der Waals surface area contributed by atoms with Gasteiger partial charge < -0.3 is 15.3 Å². The standard InChI is InChI=1S/C24H18Cl2FN5O3/c1-12(28-17-6-7-18(26)29-20(17)24(34)35)16-8-15(25)11-32-21(16)30-22(19(27)23(32)33)31-9-13-4-2-3-5-14(13)10-31/h2-8,11-12,28H,9-10H2,1H3,(H,34,35)/t12-/m1/s1. The van der Waals surface area contributed by atoms with Crippen LogP contribution in [0, 0.1) is 5.82 Å². The predicted octanol–water partition coefficient (Wildman–Crippen LogP) is 4.93. The van der Waals surface area contributed by atoms with Gasteiger partial charge in [-0.1, -0.05) is 47.5 Å². The van der Waals surface area contributed by atoms with E-state index in [9.17, 15) is 14.7 Å². The third-order valence-electron chi connectivity index (χ3n) is 5.89. The molecule has 0 amide bonds. The number of carboxylic acids is 1. The molecule has 0 fully saturated rings. The van der Waals surface area contributed by atoms with Gasteiger partial charge in [-0.3, -0.25) is 9.20 Å². The van der Waals surface area contributed by atoms with Crippen LogP contribution in [0.15, 0.2) is 53.5 Å². The van der Waals surface area contributed by atoms with Gasteiger partial charge in [0.2, 0.25) is 5.82 Å². The quantitative estimate of drug-likeness (QED) is 0.365. The highest BCUT2D eigenvalue weighted by Crippen LogP contribution is 2.31. The lowest BCUT2D eigenvalue weighted by Crippen LogP contribution is -2.27. The molecule has 4 aromatic rings. The van der Waals surface area contributed by atoms with Gasteiger partial charge in [-0.2, -0.15) is 4.39 Å². The summed E-state index contributed by atoms with van der Waals surface area (Å²) < 4.78 is 16.3. The molecule has 5 rings (SSSR count). The normalized spacial score (nSPS) is 13.7.